The Balaban J connectivity index is 1.49. The van der Waals surface area contributed by atoms with Crippen molar-refractivity contribution in [3.63, 3.8) is 0 Å². The van der Waals surface area contributed by atoms with Gasteiger partial charge in [-0.25, -0.2) is 9.37 Å². The third kappa shape index (κ3) is 4.35. The molecular formula is C18H18FN3OS. The Morgan fingerprint density at radius 3 is 2.54 bits per heavy atom. The number of nitrogens with one attached hydrogen (secondary N) is 1. The maximum absolute atomic E-state index is 12.8. The molecule has 6 heteroatoms. The van der Waals surface area contributed by atoms with Crippen LogP contribution < -0.4 is 4.74 Å². The van der Waals surface area contributed by atoms with E-state index in [-0.39, 0.29) is 5.82 Å². The topological polar surface area (TPSA) is 50.8 Å². The molecule has 1 aromatic heterocycles. The fourth-order valence-corrected chi connectivity index (χ4v) is 2.78. The Kier molecular flexibility index (Phi) is 5.48. The summed E-state index contributed by atoms with van der Waals surface area (Å²) in [7, 11) is 0. The number of ether oxygens (including phenoxy) is 1. The van der Waals surface area contributed by atoms with E-state index in [1.807, 2.05) is 12.1 Å². The molecule has 0 radical (unpaired) electrons. The molecule has 0 spiro atoms. The lowest BCUT2D eigenvalue weighted by atomic mass is 10.1. The average Bonchev–Trinajstić information content (AvgIpc) is 3.09. The van der Waals surface area contributed by atoms with E-state index >= 15 is 0 Å². The molecule has 1 N–H and O–H groups in total. The zero-order valence-corrected chi connectivity index (χ0v) is 14.1. The summed E-state index contributed by atoms with van der Waals surface area (Å²) in [5.41, 5.74) is 2.32. The van der Waals surface area contributed by atoms with Gasteiger partial charge in [-0.2, -0.15) is 0 Å². The molecule has 3 rings (SSSR count). The molecule has 0 aliphatic heterocycles. The van der Waals surface area contributed by atoms with Gasteiger partial charge in [-0.3, -0.25) is 5.10 Å². The number of H-pyrrole nitrogens is 1. The van der Waals surface area contributed by atoms with Gasteiger partial charge in [-0.1, -0.05) is 43.0 Å². The maximum Gasteiger partial charge on any atom is 0.208 e. The van der Waals surface area contributed by atoms with Gasteiger partial charge in [0.25, 0.3) is 0 Å². The van der Waals surface area contributed by atoms with Crippen molar-refractivity contribution in [1.82, 2.24) is 15.2 Å². The third-order valence-corrected chi connectivity index (χ3v) is 4.31. The Hall–Kier alpha value is -2.34. The van der Waals surface area contributed by atoms with Gasteiger partial charge in [-0.05, 0) is 36.2 Å². The van der Waals surface area contributed by atoms with E-state index in [0.717, 1.165) is 17.8 Å². The molecule has 0 aliphatic rings. The number of rotatable bonds is 7. The highest BCUT2D eigenvalue weighted by Crippen LogP contribution is 2.20. The molecule has 0 atom stereocenters. The molecule has 0 amide bonds. The number of aryl methyl sites for hydroxylation is 1. The van der Waals surface area contributed by atoms with Gasteiger partial charge in [-0.15, -0.1) is 5.10 Å². The first-order valence-electron chi connectivity index (χ1n) is 7.77. The molecule has 0 aliphatic carbocycles. The molecule has 0 saturated carbocycles. The Morgan fingerprint density at radius 2 is 1.83 bits per heavy atom. The second kappa shape index (κ2) is 7.97. The summed E-state index contributed by atoms with van der Waals surface area (Å²) in [4.78, 5) is 4.48. The van der Waals surface area contributed by atoms with Crippen LogP contribution in [0.1, 0.15) is 12.5 Å². The van der Waals surface area contributed by atoms with Crippen LogP contribution in [0.25, 0.3) is 11.4 Å². The number of benzene rings is 2. The number of aromatic nitrogens is 3. The van der Waals surface area contributed by atoms with Crippen LogP contribution in [-0.4, -0.2) is 27.5 Å². The van der Waals surface area contributed by atoms with Crippen LogP contribution in [0.4, 0.5) is 4.39 Å². The first-order valence-corrected chi connectivity index (χ1v) is 8.76. The van der Waals surface area contributed by atoms with Crippen molar-refractivity contribution in [3.05, 3.63) is 59.9 Å². The number of aromatic amines is 1. The predicted octanol–water partition coefficient (Wildman–Crippen LogP) is 4.34. The lowest BCUT2D eigenvalue weighted by molar-refractivity contribution is 0.343. The largest absolute Gasteiger partial charge is 0.493 e. The summed E-state index contributed by atoms with van der Waals surface area (Å²) in [6, 6.07) is 14.3. The predicted molar refractivity (Wildman–Crippen MR) is 93.8 cm³/mol. The Labute approximate surface area is 144 Å². The highest BCUT2D eigenvalue weighted by molar-refractivity contribution is 7.99. The maximum atomic E-state index is 12.8. The molecule has 0 saturated heterocycles. The van der Waals surface area contributed by atoms with Crippen molar-refractivity contribution >= 4 is 11.8 Å². The number of hydrogen-bond donors (Lipinski definition) is 1. The molecule has 0 unspecified atom stereocenters. The number of nitrogens with zero attached hydrogens (tertiary/aromatic N) is 2. The molecule has 0 bridgehead atoms. The zero-order chi connectivity index (χ0) is 16.8. The molecule has 4 nitrogen and oxygen atoms in total. The molecule has 2 aromatic carbocycles. The van der Waals surface area contributed by atoms with E-state index in [1.165, 1.54) is 29.5 Å². The molecule has 0 fully saturated rings. The minimum absolute atomic E-state index is 0.267. The van der Waals surface area contributed by atoms with Gasteiger partial charge in [0.15, 0.2) is 5.82 Å². The van der Waals surface area contributed by atoms with Crippen molar-refractivity contribution in [3.8, 4) is 17.1 Å². The normalized spacial score (nSPS) is 10.8. The zero-order valence-electron chi connectivity index (χ0n) is 13.3. The third-order valence-electron chi connectivity index (χ3n) is 3.50. The van der Waals surface area contributed by atoms with Crippen LogP contribution in [0.15, 0.2) is 53.7 Å². The summed E-state index contributed by atoms with van der Waals surface area (Å²) >= 11 is 1.51. The van der Waals surface area contributed by atoms with Crippen molar-refractivity contribution < 1.29 is 9.13 Å². The molecular weight excluding hydrogens is 325 g/mol. The van der Waals surface area contributed by atoms with Gasteiger partial charge in [0.05, 0.1) is 6.61 Å². The molecule has 24 heavy (non-hydrogen) atoms. The highest BCUT2D eigenvalue weighted by Gasteiger charge is 2.06. The quantitative estimate of drug-likeness (QED) is 0.512. The van der Waals surface area contributed by atoms with Crippen LogP contribution in [-0.2, 0) is 6.42 Å². The van der Waals surface area contributed by atoms with E-state index in [4.69, 9.17) is 4.74 Å². The van der Waals surface area contributed by atoms with E-state index in [0.29, 0.717) is 23.3 Å². The van der Waals surface area contributed by atoms with Crippen molar-refractivity contribution in [1.29, 1.82) is 0 Å². The summed E-state index contributed by atoms with van der Waals surface area (Å²) in [6.07, 6.45) is 1.02. The second-order valence-corrected chi connectivity index (χ2v) is 6.23. The first kappa shape index (κ1) is 16.5. The van der Waals surface area contributed by atoms with E-state index in [9.17, 15) is 4.39 Å². The van der Waals surface area contributed by atoms with Gasteiger partial charge in [0.2, 0.25) is 5.16 Å². The average molecular weight is 343 g/mol. The Bertz CT molecular complexity index is 772. The van der Waals surface area contributed by atoms with Gasteiger partial charge < -0.3 is 4.74 Å². The van der Waals surface area contributed by atoms with Crippen LogP contribution in [0, 0.1) is 5.82 Å². The van der Waals surface area contributed by atoms with E-state index in [2.05, 4.69) is 34.2 Å². The SMILES string of the molecule is CCc1ccc(-c2nc(SCCOc3ccc(F)cc3)n[nH]2)cc1. The second-order valence-electron chi connectivity index (χ2n) is 5.17. The molecule has 3 aromatic rings. The minimum Gasteiger partial charge on any atom is -0.493 e. The van der Waals surface area contributed by atoms with Crippen molar-refractivity contribution in [2.45, 2.75) is 18.5 Å². The number of thioether (sulfide) groups is 1. The molecule has 124 valence electrons. The van der Waals surface area contributed by atoms with Crippen LogP contribution in [0.2, 0.25) is 0 Å². The van der Waals surface area contributed by atoms with Crippen LogP contribution in [0.5, 0.6) is 5.75 Å². The monoisotopic (exact) mass is 343 g/mol. The van der Waals surface area contributed by atoms with E-state index in [1.54, 1.807) is 12.1 Å². The summed E-state index contributed by atoms with van der Waals surface area (Å²) in [5.74, 6) is 1.86. The summed E-state index contributed by atoms with van der Waals surface area (Å²) < 4.78 is 18.3. The number of hydrogen-bond acceptors (Lipinski definition) is 4. The smallest absolute Gasteiger partial charge is 0.208 e. The van der Waals surface area contributed by atoms with Crippen LogP contribution in [0.3, 0.4) is 0 Å². The Morgan fingerprint density at radius 1 is 1.08 bits per heavy atom. The van der Waals surface area contributed by atoms with Crippen molar-refractivity contribution in [2.24, 2.45) is 0 Å². The number of halogens is 1. The van der Waals surface area contributed by atoms with Crippen molar-refractivity contribution in [2.75, 3.05) is 12.4 Å². The highest BCUT2D eigenvalue weighted by atomic mass is 32.2. The lowest BCUT2D eigenvalue weighted by Crippen LogP contribution is -2.00. The molecule has 1 heterocycles. The first-order chi connectivity index (χ1) is 11.7. The fraction of sp³-hybridized carbons (Fsp3) is 0.222. The van der Waals surface area contributed by atoms with Gasteiger partial charge in [0.1, 0.15) is 11.6 Å². The summed E-state index contributed by atoms with van der Waals surface area (Å²) in [5, 5.41) is 7.86. The lowest BCUT2D eigenvalue weighted by Gasteiger charge is -2.04. The van der Waals surface area contributed by atoms with Gasteiger partial charge in [0, 0.05) is 11.3 Å². The van der Waals surface area contributed by atoms with Crippen LogP contribution >= 0.6 is 11.8 Å². The fourth-order valence-electron chi connectivity index (χ4n) is 2.16. The standard InChI is InChI=1S/C18H18FN3OS/c1-2-13-3-5-14(6-4-13)17-20-18(22-21-17)24-12-11-23-16-9-7-15(19)8-10-16/h3-10H,2,11-12H2,1H3,(H,20,21,22). The van der Waals surface area contributed by atoms with Gasteiger partial charge >= 0.3 is 0 Å². The minimum atomic E-state index is -0.267. The summed E-state index contributed by atoms with van der Waals surface area (Å²) in [6.45, 7) is 2.64. The van der Waals surface area contributed by atoms with E-state index < -0.39 is 0 Å².